The fraction of sp³-hybridized carbons (Fsp3) is 0.950. The zero-order valence-electron chi connectivity index (χ0n) is 17.6. The third-order valence-corrected chi connectivity index (χ3v) is 13.9. The Morgan fingerprint density at radius 1 is 1.04 bits per heavy atom. The fourth-order valence-corrected chi connectivity index (χ4v) is 11.4. The van der Waals surface area contributed by atoms with Gasteiger partial charge in [0.15, 0.2) is 0 Å². The first-order valence-corrected chi connectivity index (χ1v) is 13.7. The number of hydrogen-bond acceptors (Lipinski definition) is 3. The first kappa shape index (κ1) is 22.9. The van der Waals surface area contributed by atoms with Gasteiger partial charge in [0.2, 0.25) is 9.76 Å². The molecule has 146 valence electrons. The molecule has 0 heterocycles. The zero-order valence-corrected chi connectivity index (χ0v) is 19.6. The highest BCUT2D eigenvalue weighted by molar-refractivity contribution is 6.79. The standard InChI is InChI=1S/C20H40O3Si2/c1-8-17(6)25(18(7)9-2,19-12-10-11-13-19)23-20(21)16(5)14-24-22-15(3)4/h15-19H,8-14H2,1-7H3. The molecule has 25 heavy (non-hydrogen) atoms. The van der Waals surface area contributed by atoms with Gasteiger partial charge in [0, 0.05) is 6.10 Å². The topological polar surface area (TPSA) is 35.5 Å². The van der Waals surface area contributed by atoms with Crippen LogP contribution in [0.15, 0.2) is 0 Å². The SMILES string of the molecule is CCC(C)[Si](OC(=O)C(C)C[Si]OC(C)C)(C(C)CC)C1CCCC1. The molecule has 5 heteroatoms. The highest BCUT2D eigenvalue weighted by Gasteiger charge is 2.54. The highest BCUT2D eigenvalue weighted by Crippen LogP contribution is 2.52. The average molecular weight is 385 g/mol. The first-order valence-electron chi connectivity index (χ1n) is 10.4. The minimum Gasteiger partial charge on any atom is -0.518 e. The molecular formula is C20H40O3Si2. The Morgan fingerprint density at radius 3 is 2.00 bits per heavy atom. The van der Waals surface area contributed by atoms with Crippen LogP contribution in [-0.4, -0.2) is 30.2 Å². The fourth-order valence-electron chi connectivity index (χ4n) is 4.29. The van der Waals surface area contributed by atoms with E-state index in [1.165, 1.54) is 25.7 Å². The molecule has 0 saturated heterocycles. The second-order valence-electron chi connectivity index (χ2n) is 8.29. The van der Waals surface area contributed by atoms with Gasteiger partial charge in [-0.2, -0.15) is 0 Å². The number of rotatable bonds is 11. The Hall–Kier alpha value is -0.136. The van der Waals surface area contributed by atoms with E-state index in [2.05, 4.69) is 27.7 Å². The maximum atomic E-state index is 13.0. The Balaban J connectivity index is 2.92. The van der Waals surface area contributed by atoms with Gasteiger partial charge >= 0.3 is 0 Å². The highest BCUT2D eigenvalue weighted by atomic mass is 28.4. The van der Waals surface area contributed by atoms with Crippen LogP contribution in [0.1, 0.15) is 87.0 Å². The molecule has 0 spiro atoms. The summed E-state index contributed by atoms with van der Waals surface area (Å²) in [5.41, 5.74) is 1.73. The normalized spacial score (nSPS) is 21.8. The van der Waals surface area contributed by atoms with Gasteiger partial charge in [-0.15, -0.1) is 0 Å². The van der Waals surface area contributed by atoms with E-state index in [1.54, 1.807) is 0 Å². The summed E-state index contributed by atoms with van der Waals surface area (Å²) in [4.78, 5) is 13.0. The molecule has 3 unspecified atom stereocenters. The average Bonchev–Trinajstić information content (AvgIpc) is 3.12. The Morgan fingerprint density at radius 2 is 1.56 bits per heavy atom. The molecular weight excluding hydrogens is 344 g/mol. The van der Waals surface area contributed by atoms with E-state index >= 15 is 0 Å². The molecule has 1 saturated carbocycles. The molecule has 3 nitrogen and oxygen atoms in total. The molecule has 0 aliphatic heterocycles. The molecule has 1 aliphatic carbocycles. The summed E-state index contributed by atoms with van der Waals surface area (Å²) in [6.07, 6.45) is 7.61. The molecule has 3 atom stereocenters. The summed E-state index contributed by atoms with van der Waals surface area (Å²) < 4.78 is 12.3. The summed E-state index contributed by atoms with van der Waals surface area (Å²) in [6.45, 7) is 15.3. The smallest absolute Gasteiger partial charge is 0.295 e. The maximum absolute atomic E-state index is 13.0. The van der Waals surface area contributed by atoms with Crippen LogP contribution >= 0.6 is 0 Å². The molecule has 0 N–H and O–H groups in total. The Labute approximate surface area is 159 Å². The van der Waals surface area contributed by atoms with Crippen molar-refractivity contribution in [1.82, 2.24) is 0 Å². The lowest BCUT2D eigenvalue weighted by atomic mass is 10.2. The summed E-state index contributed by atoms with van der Waals surface area (Å²) >= 11 is 0. The van der Waals surface area contributed by atoms with Crippen LogP contribution in [0.2, 0.25) is 22.7 Å². The van der Waals surface area contributed by atoms with Crippen LogP contribution < -0.4 is 0 Å². The minimum atomic E-state index is -2.14. The summed E-state index contributed by atoms with van der Waals surface area (Å²) in [5.74, 6) is -0.0162. The van der Waals surface area contributed by atoms with Crippen LogP contribution in [-0.2, 0) is 13.6 Å². The van der Waals surface area contributed by atoms with Crippen LogP contribution in [0.25, 0.3) is 0 Å². The van der Waals surface area contributed by atoms with Crippen molar-refractivity contribution in [2.45, 2.75) is 116 Å². The van der Waals surface area contributed by atoms with E-state index in [9.17, 15) is 4.79 Å². The van der Waals surface area contributed by atoms with E-state index in [0.717, 1.165) is 18.9 Å². The molecule has 1 fully saturated rings. The summed E-state index contributed by atoms with van der Waals surface area (Å²) in [6, 6.07) is 0.785. The predicted molar refractivity (Wildman–Crippen MR) is 109 cm³/mol. The molecule has 0 aromatic carbocycles. The van der Waals surface area contributed by atoms with Crippen LogP contribution in [0, 0.1) is 5.92 Å². The van der Waals surface area contributed by atoms with E-state index < -0.39 is 8.32 Å². The lowest BCUT2D eigenvalue weighted by molar-refractivity contribution is -0.139. The van der Waals surface area contributed by atoms with Crippen molar-refractivity contribution in [1.29, 1.82) is 0 Å². The summed E-state index contributed by atoms with van der Waals surface area (Å²) in [5, 5.41) is 0. The van der Waals surface area contributed by atoms with Gasteiger partial charge in [0.05, 0.1) is 5.92 Å². The maximum Gasteiger partial charge on any atom is 0.295 e. The van der Waals surface area contributed by atoms with E-state index in [-0.39, 0.29) is 18.0 Å². The molecule has 0 aromatic rings. The number of carbonyl (C=O) groups excluding carboxylic acids is 1. The van der Waals surface area contributed by atoms with Crippen LogP contribution in [0.4, 0.5) is 0 Å². The largest absolute Gasteiger partial charge is 0.518 e. The molecule has 0 aromatic heterocycles. The van der Waals surface area contributed by atoms with Crippen molar-refractivity contribution >= 4 is 24.0 Å². The van der Waals surface area contributed by atoms with Gasteiger partial charge in [-0.1, -0.05) is 60.3 Å². The number of carbonyl (C=O) groups is 1. The van der Waals surface area contributed by atoms with Crippen LogP contribution in [0.3, 0.4) is 0 Å². The van der Waals surface area contributed by atoms with Crippen LogP contribution in [0.5, 0.6) is 0 Å². The van der Waals surface area contributed by atoms with Gasteiger partial charge in [-0.05, 0) is 49.4 Å². The predicted octanol–water partition coefficient (Wildman–Crippen LogP) is 6.12. The van der Waals surface area contributed by atoms with E-state index in [1.807, 2.05) is 20.8 Å². The second kappa shape index (κ2) is 10.9. The van der Waals surface area contributed by atoms with Gasteiger partial charge in [-0.25, -0.2) is 0 Å². The molecule has 2 radical (unpaired) electrons. The van der Waals surface area contributed by atoms with Gasteiger partial charge in [0.1, 0.15) is 0 Å². The van der Waals surface area contributed by atoms with Gasteiger partial charge < -0.3 is 8.85 Å². The molecule has 1 aliphatic rings. The van der Waals surface area contributed by atoms with Crippen molar-refractivity contribution in [3.63, 3.8) is 0 Å². The first-order chi connectivity index (χ1) is 11.8. The van der Waals surface area contributed by atoms with E-state index in [4.69, 9.17) is 8.85 Å². The van der Waals surface area contributed by atoms with Gasteiger partial charge in [-0.3, -0.25) is 4.79 Å². The van der Waals surface area contributed by atoms with Crippen molar-refractivity contribution < 1.29 is 13.6 Å². The molecule has 0 bridgehead atoms. The third kappa shape index (κ3) is 5.93. The monoisotopic (exact) mass is 384 g/mol. The number of hydrogen-bond donors (Lipinski definition) is 0. The van der Waals surface area contributed by atoms with Gasteiger partial charge in [0.25, 0.3) is 14.3 Å². The second-order valence-corrected chi connectivity index (χ2v) is 13.9. The lowest BCUT2D eigenvalue weighted by Crippen LogP contribution is -2.52. The summed E-state index contributed by atoms with van der Waals surface area (Å²) in [7, 11) is -1.76. The van der Waals surface area contributed by atoms with Crippen molar-refractivity contribution in [3.05, 3.63) is 0 Å². The Kier molecular flexibility index (Phi) is 9.97. The van der Waals surface area contributed by atoms with Crippen molar-refractivity contribution in [2.24, 2.45) is 5.92 Å². The van der Waals surface area contributed by atoms with E-state index in [0.29, 0.717) is 26.4 Å². The molecule has 1 rings (SSSR count). The minimum absolute atomic E-state index is 0.0408. The van der Waals surface area contributed by atoms with Crippen molar-refractivity contribution in [3.8, 4) is 0 Å². The third-order valence-electron chi connectivity index (χ3n) is 6.15. The quantitative estimate of drug-likeness (QED) is 0.403. The lowest BCUT2D eigenvalue weighted by Gasteiger charge is -2.45. The Bertz CT molecular complexity index is 384. The van der Waals surface area contributed by atoms with Crippen molar-refractivity contribution in [2.75, 3.05) is 0 Å². The zero-order chi connectivity index (χ0) is 19.0. The molecule has 0 amide bonds.